The second-order valence-corrected chi connectivity index (χ2v) is 5.78. The highest BCUT2D eigenvalue weighted by atomic mass is 35.5. The van der Waals surface area contributed by atoms with Gasteiger partial charge in [-0.1, -0.05) is 23.7 Å². The molecule has 1 aromatic heterocycles. The van der Waals surface area contributed by atoms with Crippen molar-refractivity contribution in [2.75, 3.05) is 32.1 Å². The van der Waals surface area contributed by atoms with E-state index in [4.69, 9.17) is 16.3 Å². The number of halogens is 1. The minimum Gasteiger partial charge on any atom is -0.385 e. The third kappa shape index (κ3) is 6.18. The zero-order valence-corrected chi connectivity index (χ0v) is 14.5. The molecule has 0 aliphatic carbocycles. The van der Waals surface area contributed by atoms with Crippen LogP contribution < -0.4 is 10.6 Å². The number of hydrogen-bond acceptors (Lipinski definition) is 4. The highest BCUT2D eigenvalue weighted by Gasteiger charge is 2.06. The summed E-state index contributed by atoms with van der Waals surface area (Å²) < 4.78 is 4.99. The summed E-state index contributed by atoms with van der Waals surface area (Å²) in [4.78, 5) is 16.3. The summed E-state index contributed by atoms with van der Waals surface area (Å²) >= 11 is 5.94. The van der Waals surface area contributed by atoms with Gasteiger partial charge in [0.05, 0.1) is 5.56 Å². The number of nitrogens with zero attached hydrogens (tertiary/aromatic N) is 1. The number of anilines is 1. The van der Waals surface area contributed by atoms with Crippen LogP contribution in [0.15, 0.2) is 42.6 Å². The minimum atomic E-state index is -0.129. The fraction of sp³-hybridized carbons (Fsp3) is 0.333. The van der Waals surface area contributed by atoms with Crippen molar-refractivity contribution in [1.82, 2.24) is 10.3 Å². The lowest BCUT2D eigenvalue weighted by atomic mass is 10.1. The Morgan fingerprint density at radius 1 is 1.25 bits per heavy atom. The third-order valence-corrected chi connectivity index (χ3v) is 3.68. The highest BCUT2D eigenvalue weighted by molar-refractivity contribution is 6.30. The van der Waals surface area contributed by atoms with Gasteiger partial charge in [-0.05, 0) is 42.7 Å². The Balaban J connectivity index is 1.75. The molecule has 0 aliphatic heterocycles. The smallest absolute Gasteiger partial charge is 0.252 e. The average Bonchev–Trinajstić information content (AvgIpc) is 2.59. The molecule has 0 radical (unpaired) electrons. The Hall–Kier alpha value is -2.11. The number of carbonyl (C=O) groups excluding carboxylic acids is 1. The van der Waals surface area contributed by atoms with E-state index in [2.05, 4.69) is 15.6 Å². The van der Waals surface area contributed by atoms with Crippen LogP contribution in [-0.4, -0.2) is 37.7 Å². The number of carbonyl (C=O) groups is 1. The van der Waals surface area contributed by atoms with E-state index in [1.807, 2.05) is 24.3 Å². The summed E-state index contributed by atoms with van der Waals surface area (Å²) in [5.41, 5.74) is 1.64. The lowest BCUT2D eigenvalue weighted by Gasteiger charge is -2.07. The van der Waals surface area contributed by atoms with Crippen molar-refractivity contribution in [2.45, 2.75) is 12.8 Å². The normalized spacial score (nSPS) is 10.4. The lowest BCUT2D eigenvalue weighted by molar-refractivity contribution is 0.0954. The zero-order valence-electron chi connectivity index (χ0n) is 13.7. The van der Waals surface area contributed by atoms with Gasteiger partial charge in [-0.3, -0.25) is 4.79 Å². The zero-order chi connectivity index (χ0) is 17.2. The Morgan fingerprint density at radius 2 is 2.12 bits per heavy atom. The molecule has 1 amide bonds. The first kappa shape index (κ1) is 18.2. The van der Waals surface area contributed by atoms with Gasteiger partial charge >= 0.3 is 0 Å². The monoisotopic (exact) mass is 347 g/mol. The first-order valence-electron chi connectivity index (χ1n) is 7.90. The molecule has 0 aliphatic rings. The van der Waals surface area contributed by atoms with E-state index < -0.39 is 0 Å². The molecule has 0 bridgehead atoms. The van der Waals surface area contributed by atoms with Gasteiger partial charge in [0.25, 0.3) is 5.91 Å². The van der Waals surface area contributed by atoms with Crippen LogP contribution in [-0.2, 0) is 11.2 Å². The van der Waals surface area contributed by atoms with Gasteiger partial charge in [0.15, 0.2) is 0 Å². The van der Waals surface area contributed by atoms with Crippen LogP contribution in [0.1, 0.15) is 22.3 Å². The molecule has 2 aromatic rings. The van der Waals surface area contributed by atoms with Gasteiger partial charge in [-0.25, -0.2) is 4.98 Å². The van der Waals surface area contributed by atoms with Gasteiger partial charge in [-0.15, -0.1) is 0 Å². The summed E-state index contributed by atoms with van der Waals surface area (Å²) in [7, 11) is 1.68. The van der Waals surface area contributed by atoms with Crippen LogP contribution in [0.2, 0.25) is 5.02 Å². The number of rotatable bonds is 9. The summed E-state index contributed by atoms with van der Waals surface area (Å²) in [5.74, 6) is 0.622. The van der Waals surface area contributed by atoms with Gasteiger partial charge in [-0.2, -0.15) is 0 Å². The summed E-state index contributed by atoms with van der Waals surface area (Å²) in [6.45, 7) is 2.04. The van der Waals surface area contributed by atoms with Crippen molar-refractivity contribution < 1.29 is 9.53 Å². The standard InChI is InChI=1S/C18H22ClN3O2/c1-24-11-3-9-20-17-7-6-15(13-22-17)18(23)21-10-8-14-4-2-5-16(19)12-14/h2,4-7,12-13H,3,8-11H2,1H3,(H,20,22)(H,21,23). The van der Waals surface area contributed by atoms with E-state index in [9.17, 15) is 4.79 Å². The molecule has 0 saturated heterocycles. The van der Waals surface area contributed by atoms with E-state index in [0.29, 0.717) is 23.7 Å². The predicted molar refractivity (Wildman–Crippen MR) is 96.7 cm³/mol. The summed E-state index contributed by atoms with van der Waals surface area (Å²) in [5, 5.41) is 6.77. The minimum absolute atomic E-state index is 0.129. The molecule has 2 rings (SSSR count). The molecule has 5 nitrogen and oxygen atoms in total. The summed E-state index contributed by atoms with van der Waals surface area (Å²) in [6.07, 6.45) is 3.22. The molecule has 0 saturated carbocycles. The maximum atomic E-state index is 12.1. The second kappa shape index (κ2) is 9.90. The molecule has 24 heavy (non-hydrogen) atoms. The van der Waals surface area contributed by atoms with Gasteiger partial charge in [0.2, 0.25) is 0 Å². The Morgan fingerprint density at radius 3 is 2.83 bits per heavy atom. The number of nitrogens with one attached hydrogen (secondary N) is 2. The largest absolute Gasteiger partial charge is 0.385 e. The van der Waals surface area contributed by atoms with Crippen LogP contribution in [0.25, 0.3) is 0 Å². The van der Waals surface area contributed by atoms with Crippen LogP contribution in [0, 0.1) is 0 Å². The van der Waals surface area contributed by atoms with Crippen molar-refractivity contribution >= 4 is 23.3 Å². The van der Waals surface area contributed by atoms with E-state index in [0.717, 1.165) is 30.8 Å². The van der Waals surface area contributed by atoms with Gasteiger partial charge in [0, 0.05) is 38.0 Å². The summed E-state index contributed by atoms with van der Waals surface area (Å²) in [6, 6.07) is 11.2. The average molecular weight is 348 g/mol. The number of pyridine rings is 1. The number of amides is 1. The topological polar surface area (TPSA) is 63.2 Å². The molecular weight excluding hydrogens is 326 g/mol. The Labute approximate surface area is 147 Å². The number of hydrogen-bond donors (Lipinski definition) is 2. The molecule has 0 fully saturated rings. The van der Waals surface area contributed by atoms with E-state index >= 15 is 0 Å². The number of aromatic nitrogens is 1. The lowest BCUT2D eigenvalue weighted by Crippen LogP contribution is -2.25. The van der Waals surface area contributed by atoms with Crippen molar-refractivity contribution in [3.05, 3.63) is 58.7 Å². The molecule has 2 N–H and O–H groups in total. The fourth-order valence-electron chi connectivity index (χ4n) is 2.18. The predicted octanol–water partition coefficient (Wildman–Crippen LogP) is 3.16. The molecule has 0 unspecified atom stereocenters. The van der Waals surface area contributed by atoms with Crippen LogP contribution >= 0.6 is 11.6 Å². The number of benzene rings is 1. The van der Waals surface area contributed by atoms with Crippen molar-refractivity contribution in [3.63, 3.8) is 0 Å². The quantitative estimate of drug-likeness (QED) is 0.684. The third-order valence-electron chi connectivity index (χ3n) is 3.45. The highest BCUT2D eigenvalue weighted by Crippen LogP contribution is 2.11. The number of ether oxygens (including phenoxy) is 1. The van der Waals surface area contributed by atoms with Crippen molar-refractivity contribution in [2.24, 2.45) is 0 Å². The molecular formula is C18H22ClN3O2. The molecule has 128 valence electrons. The van der Waals surface area contributed by atoms with Crippen molar-refractivity contribution in [1.29, 1.82) is 0 Å². The van der Waals surface area contributed by atoms with E-state index in [1.165, 1.54) is 0 Å². The van der Waals surface area contributed by atoms with Crippen LogP contribution in [0.5, 0.6) is 0 Å². The molecule has 6 heteroatoms. The fourth-order valence-corrected chi connectivity index (χ4v) is 2.39. The van der Waals surface area contributed by atoms with Crippen molar-refractivity contribution in [3.8, 4) is 0 Å². The first-order valence-corrected chi connectivity index (χ1v) is 8.28. The van der Waals surface area contributed by atoms with Gasteiger partial charge < -0.3 is 15.4 Å². The maximum Gasteiger partial charge on any atom is 0.252 e. The molecule has 0 spiro atoms. The second-order valence-electron chi connectivity index (χ2n) is 5.34. The van der Waals surface area contributed by atoms with Gasteiger partial charge in [0.1, 0.15) is 5.82 Å². The van der Waals surface area contributed by atoms with Crippen LogP contribution in [0.3, 0.4) is 0 Å². The molecule has 1 heterocycles. The van der Waals surface area contributed by atoms with E-state index in [1.54, 1.807) is 25.4 Å². The molecule has 1 aromatic carbocycles. The Bertz CT molecular complexity index is 647. The van der Waals surface area contributed by atoms with E-state index in [-0.39, 0.29) is 5.91 Å². The maximum absolute atomic E-state index is 12.1. The number of methoxy groups -OCH3 is 1. The van der Waals surface area contributed by atoms with Crippen LogP contribution in [0.4, 0.5) is 5.82 Å². The first-order chi connectivity index (χ1) is 11.7. The molecule has 0 atom stereocenters. The SMILES string of the molecule is COCCCNc1ccc(C(=O)NCCc2cccc(Cl)c2)cn1. The Kier molecular flexibility index (Phi) is 7.52.